The summed E-state index contributed by atoms with van der Waals surface area (Å²) in [5.74, 6) is 0.515. The first-order chi connectivity index (χ1) is 11.3. The lowest BCUT2D eigenvalue weighted by molar-refractivity contribution is 0.0218. The number of amides is 1. The quantitative estimate of drug-likeness (QED) is 0.848. The zero-order valence-corrected chi connectivity index (χ0v) is 14.1. The van der Waals surface area contributed by atoms with E-state index in [1.54, 1.807) is 17.0 Å². The number of carbonyl (C=O) groups excluding carboxylic acids is 1. The molecule has 1 aromatic heterocycles. The van der Waals surface area contributed by atoms with Gasteiger partial charge in [-0.05, 0) is 57.0 Å². The van der Waals surface area contributed by atoms with E-state index in [0.29, 0.717) is 18.1 Å². The van der Waals surface area contributed by atoms with E-state index in [1.807, 2.05) is 32.9 Å². The third-order valence-corrected chi connectivity index (χ3v) is 3.71. The van der Waals surface area contributed by atoms with Crippen LogP contribution in [0.1, 0.15) is 45.5 Å². The van der Waals surface area contributed by atoms with Crippen LogP contribution in [0.4, 0.5) is 10.5 Å². The van der Waals surface area contributed by atoms with Crippen molar-refractivity contribution in [2.24, 2.45) is 0 Å². The van der Waals surface area contributed by atoms with Crippen LogP contribution in [0.15, 0.2) is 24.3 Å². The summed E-state index contributed by atoms with van der Waals surface area (Å²) in [5, 5.41) is 12.6. The second kappa shape index (κ2) is 6.10. The van der Waals surface area contributed by atoms with E-state index in [4.69, 9.17) is 10.5 Å². The topological polar surface area (TPSA) is 99.2 Å². The number of nitrogens with two attached hydrogens (primary N) is 1. The van der Waals surface area contributed by atoms with Gasteiger partial charge in [0.05, 0.1) is 11.7 Å². The van der Waals surface area contributed by atoms with Crippen LogP contribution in [0.3, 0.4) is 0 Å². The maximum absolute atomic E-state index is 12.4. The molecule has 24 heavy (non-hydrogen) atoms. The molecule has 1 aromatic carbocycles. The maximum Gasteiger partial charge on any atom is 0.410 e. The summed E-state index contributed by atoms with van der Waals surface area (Å²) in [4.78, 5) is 15.5. The van der Waals surface area contributed by atoms with Crippen molar-refractivity contribution in [1.29, 1.82) is 0 Å². The molecule has 8 heteroatoms. The molecule has 0 saturated carbocycles. The molecule has 0 spiro atoms. The predicted octanol–water partition coefficient (Wildman–Crippen LogP) is 2.32. The Balaban J connectivity index is 1.80. The van der Waals surface area contributed by atoms with Crippen molar-refractivity contribution in [3.8, 4) is 5.69 Å². The molecule has 0 unspecified atom stereocenters. The predicted molar refractivity (Wildman–Crippen MR) is 88.5 cm³/mol. The molecule has 1 fully saturated rings. The van der Waals surface area contributed by atoms with Gasteiger partial charge >= 0.3 is 6.09 Å². The summed E-state index contributed by atoms with van der Waals surface area (Å²) in [6.45, 7) is 6.19. The third-order valence-electron chi connectivity index (χ3n) is 3.71. The van der Waals surface area contributed by atoms with Crippen molar-refractivity contribution >= 4 is 11.8 Å². The lowest BCUT2D eigenvalue weighted by Gasteiger charge is -2.27. The molecular formula is C16H22N6O2. The standard InChI is InChI=1S/C16H22N6O2/c1-16(2,3)24-15(23)21-9-5-8-13(21)14-18-20-22(19-14)12-7-4-6-11(17)10-12/h4,6-7,10,13H,5,8-9,17H2,1-3H3/t13-/m1/s1. The minimum absolute atomic E-state index is 0.213. The minimum Gasteiger partial charge on any atom is -0.444 e. The van der Waals surface area contributed by atoms with Gasteiger partial charge in [-0.1, -0.05) is 6.07 Å². The number of ether oxygens (including phenoxy) is 1. The van der Waals surface area contributed by atoms with Gasteiger partial charge in [-0.2, -0.15) is 0 Å². The number of rotatable bonds is 2. The minimum atomic E-state index is -0.531. The number of benzene rings is 1. The number of tetrazole rings is 1. The van der Waals surface area contributed by atoms with Gasteiger partial charge in [-0.25, -0.2) is 4.79 Å². The van der Waals surface area contributed by atoms with Crippen LogP contribution < -0.4 is 5.73 Å². The Morgan fingerprint density at radius 1 is 1.38 bits per heavy atom. The Hall–Kier alpha value is -2.64. The first-order valence-corrected chi connectivity index (χ1v) is 7.99. The van der Waals surface area contributed by atoms with E-state index in [9.17, 15) is 4.79 Å². The smallest absolute Gasteiger partial charge is 0.410 e. The van der Waals surface area contributed by atoms with Crippen LogP contribution in [-0.4, -0.2) is 43.3 Å². The van der Waals surface area contributed by atoms with Crippen LogP contribution in [0.25, 0.3) is 5.69 Å². The zero-order valence-electron chi connectivity index (χ0n) is 14.1. The maximum atomic E-state index is 12.4. The van der Waals surface area contributed by atoms with Gasteiger partial charge in [0.15, 0.2) is 5.82 Å². The lowest BCUT2D eigenvalue weighted by Crippen LogP contribution is -2.36. The summed E-state index contributed by atoms with van der Waals surface area (Å²) in [6, 6.07) is 7.03. The highest BCUT2D eigenvalue weighted by molar-refractivity contribution is 5.69. The number of nitrogen functional groups attached to an aromatic ring is 1. The number of likely N-dealkylation sites (tertiary alicyclic amines) is 1. The van der Waals surface area contributed by atoms with Gasteiger partial charge in [0.2, 0.25) is 0 Å². The number of hydrogen-bond acceptors (Lipinski definition) is 6. The Bertz CT molecular complexity index is 736. The normalized spacial score (nSPS) is 18.0. The molecule has 1 amide bonds. The molecule has 1 saturated heterocycles. The fourth-order valence-corrected chi connectivity index (χ4v) is 2.69. The SMILES string of the molecule is CC(C)(C)OC(=O)N1CCC[C@@H]1c1nnn(-c2cccc(N)c2)n1. The molecule has 8 nitrogen and oxygen atoms in total. The number of nitrogens with zero attached hydrogens (tertiary/aromatic N) is 5. The third kappa shape index (κ3) is 3.47. The Kier molecular flexibility index (Phi) is 4.13. The van der Waals surface area contributed by atoms with E-state index >= 15 is 0 Å². The van der Waals surface area contributed by atoms with E-state index in [0.717, 1.165) is 18.5 Å². The van der Waals surface area contributed by atoms with Gasteiger partial charge < -0.3 is 10.5 Å². The molecule has 1 atom stereocenters. The van der Waals surface area contributed by atoms with Crippen LogP contribution in [-0.2, 0) is 4.74 Å². The Labute approximate surface area is 140 Å². The zero-order chi connectivity index (χ0) is 17.3. The van der Waals surface area contributed by atoms with Crippen molar-refractivity contribution in [2.45, 2.75) is 45.3 Å². The van der Waals surface area contributed by atoms with E-state index in [2.05, 4.69) is 15.4 Å². The van der Waals surface area contributed by atoms with E-state index in [1.165, 1.54) is 4.80 Å². The molecule has 2 N–H and O–H groups in total. The first kappa shape index (κ1) is 16.2. The van der Waals surface area contributed by atoms with Crippen molar-refractivity contribution in [3.05, 3.63) is 30.1 Å². The van der Waals surface area contributed by atoms with Gasteiger partial charge in [0.25, 0.3) is 0 Å². The lowest BCUT2D eigenvalue weighted by atomic mass is 10.2. The highest BCUT2D eigenvalue weighted by Crippen LogP contribution is 2.31. The second-order valence-electron chi connectivity index (χ2n) is 6.86. The summed E-state index contributed by atoms with van der Waals surface area (Å²) in [5.41, 5.74) is 6.62. The highest BCUT2D eigenvalue weighted by Gasteiger charge is 2.35. The molecule has 2 aromatic rings. The molecular weight excluding hydrogens is 308 g/mol. The second-order valence-corrected chi connectivity index (χ2v) is 6.86. The van der Waals surface area contributed by atoms with Crippen LogP contribution in [0, 0.1) is 0 Å². The van der Waals surface area contributed by atoms with E-state index in [-0.39, 0.29) is 12.1 Å². The van der Waals surface area contributed by atoms with Crippen LogP contribution >= 0.6 is 0 Å². The summed E-state index contributed by atoms with van der Waals surface area (Å²) in [7, 11) is 0. The average molecular weight is 330 g/mol. The van der Waals surface area contributed by atoms with Crippen LogP contribution in [0.2, 0.25) is 0 Å². The van der Waals surface area contributed by atoms with Crippen molar-refractivity contribution in [1.82, 2.24) is 25.1 Å². The molecule has 0 aliphatic carbocycles. The van der Waals surface area contributed by atoms with Gasteiger partial charge in [0.1, 0.15) is 5.60 Å². The number of anilines is 1. The number of hydrogen-bond donors (Lipinski definition) is 1. The van der Waals surface area contributed by atoms with E-state index < -0.39 is 5.60 Å². The average Bonchev–Trinajstić information content (AvgIpc) is 3.14. The molecule has 2 heterocycles. The monoisotopic (exact) mass is 330 g/mol. The van der Waals surface area contributed by atoms with Crippen molar-refractivity contribution in [2.75, 3.05) is 12.3 Å². The molecule has 0 bridgehead atoms. The fourth-order valence-electron chi connectivity index (χ4n) is 2.69. The van der Waals surface area contributed by atoms with Crippen LogP contribution in [0.5, 0.6) is 0 Å². The summed E-state index contributed by atoms with van der Waals surface area (Å²) < 4.78 is 5.47. The highest BCUT2D eigenvalue weighted by atomic mass is 16.6. The molecule has 1 aliphatic rings. The summed E-state index contributed by atoms with van der Waals surface area (Å²) >= 11 is 0. The number of aromatic nitrogens is 4. The van der Waals surface area contributed by atoms with Gasteiger partial charge in [0, 0.05) is 12.2 Å². The van der Waals surface area contributed by atoms with Crippen molar-refractivity contribution in [3.63, 3.8) is 0 Å². The molecule has 1 aliphatic heterocycles. The molecule has 0 radical (unpaired) electrons. The van der Waals surface area contributed by atoms with Gasteiger partial charge in [-0.3, -0.25) is 4.90 Å². The largest absolute Gasteiger partial charge is 0.444 e. The first-order valence-electron chi connectivity index (χ1n) is 7.99. The van der Waals surface area contributed by atoms with Crippen molar-refractivity contribution < 1.29 is 9.53 Å². The Morgan fingerprint density at radius 2 is 2.17 bits per heavy atom. The summed E-state index contributed by atoms with van der Waals surface area (Å²) in [6.07, 6.45) is 1.34. The fraction of sp³-hybridized carbons (Fsp3) is 0.500. The Morgan fingerprint density at radius 3 is 2.88 bits per heavy atom. The molecule has 128 valence electrons. The number of carbonyl (C=O) groups is 1. The van der Waals surface area contributed by atoms with Gasteiger partial charge in [-0.15, -0.1) is 15.0 Å². The molecule has 3 rings (SSSR count).